The highest BCUT2D eigenvalue weighted by Gasteiger charge is 2.74. The number of para-hydroxylation sites is 1. The summed E-state index contributed by atoms with van der Waals surface area (Å²) in [5.41, 5.74) is -0.446. The molecule has 7 aliphatic carbocycles. The van der Waals surface area contributed by atoms with E-state index in [1.54, 1.807) is 0 Å². The second kappa shape index (κ2) is 11.1. The maximum absolute atomic E-state index is 14.7. The van der Waals surface area contributed by atoms with E-state index in [2.05, 4.69) is 44.3 Å². The number of benzene rings is 1. The summed E-state index contributed by atoms with van der Waals surface area (Å²) in [7, 11) is 0. The van der Waals surface area contributed by atoms with Gasteiger partial charge in [-0.3, -0.25) is 4.79 Å². The van der Waals surface area contributed by atoms with Crippen molar-refractivity contribution in [1.82, 2.24) is 4.90 Å². The molecule has 8 rings (SSSR count). The van der Waals surface area contributed by atoms with Crippen LogP contribution in [-0.4, -0.2) is 51.7 Å². The summed E-state index contributed by atoms with van der Waals surface area (Å²) in [5.74, 6) is 0.856. The molecule has 0 heterocycles. The molecule has 2 bridgehead atoms. The summed E-state index contributed by atoms with van der Waals surface area (Å²) in [5, 5.41) is 26.8. The van der Waals surface area contributed by atoms with Crippen LogP contribution in [0.2, 0.25) is 0 Å². The van der Waals surface area contributed by atoms with E-state index < -0.39 is 16.4 Å². The van der Waals surface area contributed by atoms with E-state index >= 15 is 0 Å². The fourth-order valence-electron chi connectivity index (χ4n) is 11.8. The van der Waals surface area contributed by atoms with Crippen molar-refractivity contribution in [3.8, 4) is 0 Å². The molecule has 1 aromatic carbocycles. The van der Waals surface area contributed by atoms with Crippen LogP contribution in [0, 0.1) is 39.4 Å². The van der Waals surface area contributed by atoms with Crippen molar-refractivity contribution in [2.45, 2.75) is 116 Å². The van der Waals surface area contributed by atoms with Gasteiger partial charge in [-0.15, -0.1) is 0 Å². The Bertz CT molecular complexity index is 1380. The summed E-state index contributed by atoms with van der Waals surface area (Å²) >= 11 is 0. The Kier molecular flexibility index (Phi) is 7.67. The first kappa shape index (κ1) is 31.2. The predicted molar refractivity (Wildman–Crippen MR) is 177 cm³/mol. The fraction of sp³-hybridized carbons (Fsp3) is 0.692. The zero-order chi connectivity index (χ0) is 31.7. The molecule has 0 radical (unpaired) electrons. The van der Waals surface area contributed by atoms with Gasteiger partial charge in [0.1, 0.15) is 0 Å². The highest BCUT2D eigenvalue weighted by molar-refractivity contribution is 6.00. The lowest BCUT2D eigenvalue weighted by molar-refractivity contribution is -0.178. The lowest BCUT2D eigenvalue weighted by atomic mass is 9.32. The van der Waals surface area contributed by atoms with Crippen LogP contribution in [-0.2, 0) is 4.79 Å². The summed E-state index contributed by atoms with van der Waals surface area (Å²) < 4.78 is 0. The number of fused-ring (bicyclic) bond motifs is 1. The normalized spacial score (nSPS) is 41.9. The summed E-state index contributed by atoms with van der Waals surface area (Å²) in [6.07, 6.45) is 18.8. The third-order valence-corrected chi connectivity index (χ3v) is 14.2. The van der Waals surface area contributed by atoms with Crippen molar-refractivity contribution in [1.29, 1.82) is 0 Å². The quantitative estimate of drug-likeness (QED) is 0.275. The molecule has 0 saturated heterocycles. The first-order valence-electron chi connectivity index (χ1n) is 18.0. The second-order valence-corrected chi connectivity index (χ2v) is 16.2. The zero-order valence-electron chi connectivity index (χ0n) is 27.7. The molecule has 1 unspecified atom stereocenters. The molecule has 3 N–H and O–H groups in total. The number of carbonyl (C=O) groups is 2. The lowest BCUT2D eigenvalue weighted by Crippen LogP contribution is -2.67. The van der Waals surface area contributed by atoms with Gasteiger partial charge >= 0.3 is 6.03 Å². The minimum atomic E-state index is -1.05. The van der Waals surface area contributed by atoms with Crippen molar-refractivity contribution in [2.75, 3.05) is 18.4 Å². The number of aliphatic hydroxyl groups excluding tert-OH is 1. The molecule has 45 heavy (non-hydrogen) atoms. The van der Waals surface area contributed by atoms with Gasteiger partial charge in [-0.05, 0) is 93.6 Å². The van der Waals surface area contributed by atoms with Gasteiger partial charge in [-0.25, -0.2) is 4.79 Å². The number of ketones is 1. The number of nitrogens with one attached hydrogen (secondary N) is 1. The van der Waals surface area contributed by atoms with Crippen LogP contribution < -0.4 is 5.32 Å². The van der Waals surface area contributed by atoms with E-state index in [1.807, 2.05) is 35.2 Å². The van der Waals surface area contributed by atoms with Crippen LogP contribution in [0.1, 0.15) is 104 Å². The van der Waals surface area contributed by atoms with Gasteiger partial charge in [0.25, 0.3) is 0 Å². The molecule has 244 valence electrons. The largest absolute Gasteiger partial charge is 0.393 e. The van der Waals surface area contributed by atoms with Crippen molar-refractivity contribution >= 4 is 17.5 Å². The first-order valence-corrected chi connectivity index (χ1v) is 18.0. The Morgan fingerprint density at radius 3 is 2.33 bits per heavy atom. The molecule has 2 spiro atoms. The average Bonchev–Trinajstić information content (AvgIpc) is 3.31. The van der Waals surface area contributed by atoms with Crippen molar-refractivity contribution in [3.05, 3.63) is 54.1 Å². The van der Waals surface area contributed by atoms with E-state index in [1.165, 1.54) is 6.42 Å². The third kappa shape index (κ3) is 4.47. The molecule has 6 heteroatoms. The Hall–Kier alpha value is -2.44. The predicted octanol–water partition coefficient (Wildman–Crippen LogP) is 7.67. The Morgan fingerprint density at radius 1 is 0.911 bits per heavy atom. The summed E-state index contributed by atoms with van der Waals surface area (Å²) in [6.45, 7) is 7.66. The van der Waals surface area contributed by atoms with Gasteiger partial charge < -0.3 is 20.4 Å². The molecular formula is C39H54N2O4. The van der Waals surface area contributed by atoms with E-state index in [0.29, 0.717) is 37.6 Å². The number of hydrogen-bond donors (Lipinski definition) is 3. The molecule has 8 atom stereocenters. The third-order valence-electron chi connectivity index (χ3n) is 14.2. The SMILES string of the molecule is CCCN(C[C@]1(O)CC[C@H]2[C@]34C=C[C@@]5(C=C3C(=O)C3CCCCC3)CC(O)CC[C@]5(C)[C@H]4CC[C@@]21C)C(=O)Nc1ccccc1. The smallest absolute Gasteiger partial charge is 0.321 e. The monoisotopic (exact) mass is 614 g/mol. The molecule has 0 aliphatic heterocycles. The molecule has 0 aromatic heterocycles. The summed E-state index contributed by atoms with van der Waals surface area (Å²) in [6, 6.07) is 9.38. The van der Waals surface area contributed by atoms with E-state index in [0.717, 1.165) is 75.5 Å². The Morgan fingerprint density at radius 2 is 1.60 bits per heavy atom. The molecule has 1 aromatic rings. The van der Waals surface area contributed by atoms with E-state index in [-0.39, 0.29) is 34.8 Å². The van der Waals surface area contributed by atoms with Gasteiger partial charge in [-0.1, -0.05) is 76.5 Å². The molecule has 4 fully saturated rings. The van der Waals surface area contributed by atoms with Crippen LogP contribution in [0.3, 0.4) is 0 Å². The standard InChI is InChI=1S/C39H54N2O4/c1-4-23-41(34(44)40-28-13-9-6-10-14-28)26-38(45)20-17-32-36(38,3)19-16-31-35(2)18-15-29(42)24-37(35)21-22-39(31,32)30(25-37)33(43)27-11-7-5-8-12-27/h6,9-10,13-14,21-22,25,27,29,31-32,42,45H,4-5,7-8,11-12,15-20,23-24,26H2,1-3H3,(H,40,44)/t29?,31-,32-,35-,36+,37+,38-,39-/m1/s1. The van der Waals surface area contributed by atoms with Crippen LogP contribution in [0.15, 0.2) is 54.1 Å². The first-order chi connectivity index (χ1) is 21.5. The number of rotatable bonds is 7. The summed E-state index contributed by atoms with van der Waals surface area (Å²) in [4.78, 5) is 30.2. The molecule has 6 nitrogen and oxygen atoms in total. The van der Waals surface area contributed by atoms with Crippen molar-refractivity contribution in [2.24, 2.45) is 39.4 Å². The molecule has 2 amide bonds. The van der Waals surface area contributed by atoms with Crippen LogP contribution in [0.4, 0.5) is 10.5 Å². The second-order valence-electron chi connectivity index (χ2n) is 16.2. The topological polar surface area (TPSA) is 89.9 Å². The molecule has 7 aliphatic rings. The maximum Gasteiger partial charge on any atom is 0.321 e. The van der Waals surface area contributed by atoms with E-state index in [9.17, 15) is 19.8 Å². The highest BCUT2D eigenvalue weighted by atomic mass is 16.3. The van der Waals surface area contributed by atoms with Crippen LogP contribution >= 0.6 is 0 Å². The Balaban J connectivity index is 1.26. The number of aliphatic hydroxyl groups is 2. The van der Waals surface area contributed by atoms with Gasteiger partial charge in [0.05, 0.1) is 18.2 Å². The fourth-order valence-corrected chi connectivity index (χ4v) is 11.8. The van der Waals surface area contributed by atoms with Gasteiger partial charge in [0.15, 0.2) is 5.78 Å². The van der Waals surface area contributed by atoms with Crippen LogP contribution in [0.5, 0.6) is 0 Å². The van der Waals surface area contributed by atoms with E-state index in [4.69, 9.17) is 0 Å². The average molecular weight is 615 g/mol. The number of amides is 2. The van der Waals surface area contributed by atoms with Gasteiger partial charge in [0.2, 0.25) is 0 Å². The number of allylic oxidation sites excluding steroid dienone is 4. The van der Waals surface area contributed by atoms with Crippen molar-refractivity contribution < 1.29 is 19.8 Å². The number of carbonyl (C=O) groups excluding carboxylic acids is 2. The maximum atomic E-state index is 14.7. The highest BCUT2D eigenvalue weighted by Crippen LogP contribution is 2.78. The van der Waals surface area contributed by atoms with Crippen molar-refractivity contribution in [3.63, 3.8) is 0 Å². The van der Waals surface area contributed by atoms with Gasteiger partial charge in [0, 0.05) is 40.0 Å². The number of hydrogen-bond acceptors (Lipinski definition) is 4. The number of anilines is 1. The number of urea groups is 1. The lowest BCUT2D eigenvalue weighted by Gasteiger charge is -2.71. The molecular weight excluding hydrogens is 560 g/mol. The minimum absolute atomic E-state index is 0.0246. The molecule has 4 saturated carbocycles. The number of nitrogens with zero attached hydrogens (tertiary/aromatic N) is 1. The minimum Gasteiger partial charge on any atom is -0.393 e. The van der Waals surface area contributed by atoms with Gasteiger partial charge in [-0.2, -0.15) is 0 Å². The van der Waals surface area contributed by atoms with Crippen LogP contribution in [0.25, 0.3) is 0 Å². The zero-order valence-corrected chi connectivity index (χ0v) is 27.7. The number of Topliss-reactive ketones (excluding diaryl/α,β-unsaturated/α-hetero) is 1. The Labute approximate surface area is 269 Å².